The number of aromatic hydroxyl groups is 1. The van der Waals surface area contributed by atoms with E-state index in [4.69, 9.17) is 5.73 Å². The van der Waals surface area contributed by atoms with Crippen LogP contribution in [0.2, 0.25) is 0 Å². The highest BCUT2D eigenvalue weighted by Gasteiger charge is 2.15. The van der Waals surface area contributed by atoms with Crippen LogP contribution in [-0.2, 0) is 0 Å². The van der Waals surface area contributed by atoms with E-state index in [-0.39, 0.29) is 17.8 Å². The van der Waals surface area contributed by atoms with Gasteiger partial charge in [-0.3, -0.25) is 4.99 Å². The fourth-order valence-electron chi connectivity index (χ4n) is 2.31. The quantitative estimate of drug-likeness (QED) is 0.809. The van der Waals surface area contributed by atoms with Crippen LogP contribution in [-0.4, -0.2) is 22.5 Å². The Hall–Kier alpha value is -2.18. The summed E-state index contributed by atoms with van der Waals surface area (Å²) in [5, 5.41) is 13.4. The third kappa shape index (κ3) is 3.18. The van der Waals surface area contributed by atoms with Crippen molar-refractivity contribution in [3.05, 3.63) is 42.1 Å². The number of benzene rings is 1. The van der Waals surface area contributed by atoms with Gasteiger partial charge in [-0.1, -0.05) is 24.3 Å². The molecule has 1 aromatic carbocycles. The predicted molar refractivity (Wildman–Crippen MR) is 92.4 cm³/mol. The predicted octanol–water partition coefficient (Wildman–Crippen LogP) is 3.25. The number of hydrogen-bond acceptors (Lipinski definition) is 6. The first-order valence-electron chi connectivity index (χ1n) is 7.19. The zero-order valence-electron chi connectivity index (χ0n) is 12.2. The lowest BCUT2D eigenvalue weighted by molar-refractivity contribution is 0.476. The number of thiazole rings is 1. The second-order valence-electron chi connectivity index (χ2n) is 5.16. The lowest BCUT2D eigenvalue weighted by Gasteiger charge is -2.19. The summed E-state index contributed by atoms with van der Waals surface area (Å²) in [6.45, 7) is 2.11. The summed E-state index contributed by atoms with van der Waals surface area (Å²) >= 11 is 1.50. The number of dihydropyridines is 1. The van der Waals surface area contributed by atoms with Gasteiger partial charge < -0.3 is 16.2 Å². The molecule has 22 heavy (non-hydrogen) atoms. The summed E-state index contributed by atoms with van der Waals surface area (Å²) in [4.78, 5) is 8.75. The molecule has 2 atom stereocenters. The van der Waals surface area contributed by atoms with Crippen LogP contribution in [0.5, 0.6) is 5.75 Å². The Kier molecular flexibility index (Phi) is 4.22. The van der Waals surface area contributed by atoms with E-state index < -0.39 is 0 Å². The first-order chi connectivity index (χ1) is 10.7. The van der Waals surface area contributed by atoms with Gasteiger partial charge in [-0.15, -0.1) is 0 Å². The molecule has 0 aliphatic carbocycles. The van der Waals surface area contributed by atoms with Crippen molar-refractivity contribution in [1.82, 2.24) is 4.98 Å². The van der Waals surface area contributed by atoms with Crippen LogP contribution in [0.1, 0.15) is 13.3 Å². The van der Waals surface area contributed by atoms with Gasteiger partial charge in [0.2, 0.25) is 0 Å². The molecule has 0 amide bonds. The smallest absolute Gasteiger partial charge is 0.187 e. The summed E-state index contributed by atoms with van der Waals surface area (Å²) < 4.78 is 0.950. The Bertz CT molecular complexity index is 763. The van der Waals surface area contributed by atoms with Crippen molar-refractivity contribution in [2.75, 3.05) is 5.32 Å². The van der Waals surface area contributed by atoms with Crippen molar-refractivity contribution >= 4 is 32.9 Å². The molecule has 0 fully saturated rings. The van der Waals surface area contributed by atoms with E-state index >= 15 is 0 Å². The van der Waals surface area contributed by atoms with Crippen LogP contribution >= 0.6 is 11.3 Å². The molecule has 4 N–H and O–H groups in total. The second-order valence-corrected chi connectivity index (χ2v) is 6.19. The van der Waals surface area contributed by atoms with E-state index in [0.29, 0.717) is 0 Å². The molecule has 114 valence electrons. The fraction of sp³-hybridized carbons (Fsp3) is 0.250. The minimum absolute atomic E-state index is 0.132. The largest absolute Gasteiger partial charge is 0.508 e. The molecule has 1 aliphatic rings. The number of allylic oxidation sites excluding steroid dienone is 2. The Morgan fingerprint density at radius 1 is 1.45 bits per heavy atom. The third-order valence-electron chi connectivity index (χ3n) is 3.57. The standard InChI is InChI=1S/C16H18N4OS/c1-2-11-7-10(9-19-15(11)17)5-6-18-16-20-13-4-3-12(21)8-14(13)22-16/h3-9,11,15,21H,2,17H2,1H3,(H,18,20)/b6-5+. The lowest BCUT2D eigenvalue weighted by Crippen LogP contribution is -2.28. The van der Waals surface area contributed by atoms with Gasteiger partial charge in [0.05, 0.1) is 10.2 Å². The second kappa shape index (κ2) is 6.29. The highest BCUT2D eigenvalue weighted by atomic mass is 32.1. The molecule has 1 aromatic heterocycles. The number of hydrogen-bond donors (Lipinski definition) is 3. The molecule has 2 unspecified atom stereocenters. The van der Waals surface area contributed by atoms with Gasteiger partial charge in [0.15, 0.2) is 5.13 Å². The number of aromatic nitrogens is 1. The Morgan fingerprint density at radius 3 is 3.14 bits per heavy atom. The number of anilines is 1. The molecule has 0 radical (unpaired) electrons. The summed E-state index contributed by atoms with van der Waals surface area (Å²) in [6, 6.07) is 5.16. The number of nitrogens with zero attached hydrogens (tertiary/aromatic N) is 2. The Morgan fingerprint density at radius 2 is 2.32 bits per heavy atom. The minimum atomic E-state index is -0.132. The topological polar surface area (TPSA) is 83.5 Å². The molecule has 2 heterocycles. The van der Waals surface area contributed by atoms with Gasteiger partial charge in [-0.25, -0.2) is 4.98 Å². The number of nitrogens with one attached hydrogen (secondary N) is 1. The molecule has 0 saturated carbocycles. The average molecular weight is 314 g/mol. The van der Waals surface area contributed by atoms with Gasteiger partial charge in [0, 0.05) is 18.3 Å². The van der Waals surface area contributed by atoms with Crippen molar-refractivity contribution in [2.24, 2.45) is 16.6 Å². The number of phenolic OH excluding ortho intramolecular Hbond substituents is 1. The highest BCUT2D eigenvalue weighted by molar-refractivity contribution is 7.22. The summed E-state index contributed by atoms with van der Waals surface area (Å²) in [7, 11) is 0. The molecule has 5 nitrogen and oxygen atoms in total. The molecule has 2 aromatic rings. The number of aliphatic imine (C=N–C) groups is 1. The average Bonchev–Trinajstić information content (AvgIpc) is 2.90. The van der Waals surface area contributed by atoms with Crippen LogP contribution in [0.4, 0.5) is 5.13 Å². The van der Waals surface area contributed by atoms with Crippen molar-refractivity contribution in [2.45, 2.75) is 19.5 Å². The third-order valence-corrected chi connectivity index (χ3v) is 4.52. The van der Waals surface area contributed by atoms with E-state index in [0.717, 1.165) is 27.3 Å². The van der Waals surface area contributed by atoms with Crippen molar-refractivity contribution in [1.29, 1.82) is 0 Å². The molecule has 0 saturated heterocycles. The number of rotatable bonds is 4. The van der Waals surface area contributed by atoms with E-state index in [1.807, 2.05) is 12.3 Å². The molecular formula is C16H18N4OS. The number of nitrogens with two attached hydrogens (primary N) is 1. The molecule has 1 aliphatic heterocycles. The summed E-state index contributed by atoms with van der Waals surface area (Å²) in [6.07, 6.45) is 8.59. The van der Waals surface area contributed by atoms with Crippen LogP contribution < -0.4 is 11.1 Å². The van der Waals surface area contributed by atoms with E-state index in [9.17, 15) is 5.11 Å². The zero-order valence-corrected chi connectivity index (χ0v) is 13.0. The van der Waals surface area contributed by atoms with Crippen LogP contribution in [0, 0.1) is 5.92 Å². The van der Waals surface area contributed by atoms with Gasteiger partial charge >= 0.3 is 0 Å². The van der Waals surface area contributed by atoms with Crippen LogP contribution in [0.25, 0.3) is 10.2 Å². The first-order valence-corrected chi connectivity index (χ1v) is 8.00. The summed E-state index contributed by atoms with van der Waals surface area (Å²) in [5.74, 6) is 0.541. The fourth-order valence-corrected chi connectivity index (χ4v) is 3.19. The molecule has 0 bridgehead atoms. The lowest BCUT2D eigenvalue weighted by atomic mass is 9.98. The monoisotopic (exact) mass is 314 g/mol. The first kappa shape index (κ1) is 14.7. The molecule has 0 spiro atoms. The van der Waals surface area contributed by atoms with Gasteiger partial charge in [0.1, 0.15) is 11.9 Å². The maximum Gasteiger partial charge on any atom is 0.187 e. The van der Waals surface area contributed by atoms with E-state index in [1.165, 1.54) is 11.3 Å². The number of phenols is 1. The van der Waals surface area contributed by atoms with E-state index in [2.05, 4.69) is 28.3 Å². The zero-order chi connectivity index (χ0) is 15.5. The molecule has 3 rings (SSSR count). The normalized spacial score (nSPS) is 21.5. The maximum atomic E-state index is 9.47. The van der Waals surface area contributed by atoms with Crippen LogP contribution in [0.3, 0.4) is 0 Å². The van der Waals surface area contributed by atoms with E-state index in [1.54, 1.807) is 24.4 Å². The van der Waals surface area contributed by atoms with Crippen molar-refractivity contribution in [3.8, 4) is 5.75 Å². The Labute approximate surface area is 132 Å². The Balaban J connectivity index is 1.69. The van der Waals surface area contributed by atoms with Gasteiger partial charge in [-0.05, 0) is 36.3 Å². The highest BCUT2D eigenvalue weighted by Crippen LogP contribution is 2.28. The van der Waals surface area contributed by atoms with Crippen molar-refractivity contribution in [3.63, 3.8) is 0 Å². The minimum Gasteiger partial charge on any atom is -0.508 e. The van der Waals surface area contributed by atoms with Gasteiger partial charge in [-0.2, -0.15) is 0 Å². The maximum absolute atomic E-state index is 9.47. The summed E-state index contributed by atoms with van der Waals surface area (Å²) in [5.41, 5.74) is 7.83. The van der Waals surface area contributed by atoms with Crippen molar-refractivity contribution < 1.29 is 5.11 Å². The molecular weight excluding hydrogens is 296 g/mol. The van der Waals surface area contributed by atoms with Gasteiger partial charge in [0.25, 0.3) is 0 Å². The number of fused-ring (bicyclic) bond motifs is 1. The van der Waals surface area contributed by atoms with Crippen LogP contribution in [0.15, 0.2) is 47.1 Å². The molecule has 6 heteroatoms. The SMILES string of the molecule is CCC1C=C(/C=C/Nc2nc3ccc(O)cc3s2)C=NC1N.